The fraction of sp³-hybridized carbons (Fsp3) is 0.562. The molecule has 0 unspecified atom stereocenters. The van der Waals surface area contributed by atoms with Gasteiger partial charge in [0.15, 0.2) is 0 Å². The molecule has 0 spiro atoms. The Balaban J connectivity index is 2.22. The van der Waals surface area contributed by atoms with Crippen LogP contribution in [-0.4, -0.2) is 25.7 Å². The van der Waals surface area contributed by atoms with Gasteiger partial charge in [0.1, 0.15) is 0 Å². The van der Waals surface area contributed by atoms with E-state index in [1.165, 1.54) is 24.0 Å². The zero-order valence-electron chi connectivity index (χ0n) is 11.9. The van der Waals surface area contributed by atoms with Gasteiger partial charge in [0.25, 0.3) is 0 Å². The summed E-state index contributed by atoms with van der Waals surface area (Å²) in [6.07, 6.45) is 3.42. The maximum Gasteiger partial charge on any atom is 0.338 e. The summed E-state index contributed by atoms with van der Waals surface area (Å²) in [4.78, 5) is 11.8. The Bertz CT molecular complexity index is 436. The van der Waals surface area contributed by atoms with Gasteiger partial charge in [-0.1, -0.05) is 13.0 Å². The third-order valence-corrected chi connectivity index (χ3v) is 3.77. The third-order valence-electron chi connectivity index (χ3n) is 3.77. The average molecular weight is 261 g/mol. The van der Waals surface area contributed by atoms with E-state index < -0.39 is 0 Å². The molecular weight excluding hydrogens is 238 g/mol. The van der Waals surface area contributed by atoms with Crippen molar-refractivity contribution in [3.63, 3.8) is 0 Å². The molecule has 1 aliphatic rings. The van der Waals surface area contributed by atoms with E-state index in [1.807, 2.05) is 19.1 Å². The number of hydrogen-bond acceptors (Lipinski definition) is 3. The number of hydrogen-bond donors (Lipinski definition) is 1. The van der Waals surface area contributed by atoms with Crippen LogP contribution in [0.4, 0.5) is 0 Å². The number of nitrogens with one attached hydrogen (secondary N) is 1. The van der Waals surface area contributed by atoms with E-state index in [9.17, 15) is 4.79 Å². The fourth-order valence-electron chi connectivity index (χ4n) is 2.77. The van der Waals surface area contributed by atoms with Gasteiger partial charge >= 0.3 is 5.97 Å². The van der Waals surface area contributed by atoms with Gasteiger partial charge in [-0.3, -0.25) is 0 Å². The molecular formula is C16H23NO2. The molecule has 0 amide bonds. The molecule has 0 aromatic heterocycles. The number of carbonyl (C=O) groups is 1. The summed E-state index contributed by atoms with van der Waals surface area (Å²) in [5.41, 5.74) is 3.34. The normalized spacial score (nSPS) is 19.2. The second-order valence-corrected chi connectivity index (χ2v) is 5.03. The van der Waals surface area contributed by atoms with Crippen LogP contribution in [0.3, 0.4) is 0 Å². The van der Waals surface area contributed by atoms with Crippen molar-refractivity contribution >= 4 is 5.97 Å². The van der Waals surface area contributed by atoms with Crippen LogP contribution < -0.4 is 5.32 Å². The number of esters is 1. The molecule has 1 atom stereocenters. The Labute approximate surface area is 115 Å². The van der Waals surface area contributed by atoms with Gasteiger partial charge in [-0.05, 0) is 61.9 Å². The van der Waals surface area contributed by atoms with Gasteiger partial charge in [-0.2, -0.15) is 0 Å². The number of aryl methyl sites for hydroxylation is 1. The highest BCUT2D eigenvalue weighted by atomic mass is 16.5. The molecule has 1 saturated heterocycles. The molecule has 1 heterocycles. The van der Waals surface area contributed by atoms with Gasteiger partial charge in [-0.25, -0.2) is 4.79 Å². The molecule has 0 radical (unpaired) electrons. The van der Waals surface area contributed by atoms with Gasteiger partial charge in [-0.15, -0.1) is 0 Å². The summed E-state index contributed by atoms with van der Waals surface area (Å²) >= 11 is 0. The molecule has 1 aromatic rings. The Morgan fingerprint density at radius 3 is 2.89 bits per heavy atom. The molecule has 2 rings (SSSR count). The van der Waals surface area contributed by atoms with Crippen LogP contribution in [0.5, 0.6) is 0 Å². The topological polar surface area (TPSA) is 38.3 Å². The largest absolute Gasteiger partial charge is 0.462 e. The summed E-state index contributed by atoms with van der Waals surface area (Å²) in [5.74, 6) is 0.366. The minimum Gasteiger partial charge on any atom is -0.462 e. The molecule has 3 heteroatoms. The van der Waals surface area contributed by atoms with Gasteiger partial charge < -0.3 is 10.1 Å². The fourth-order valence-corrected chi connectivity index (χ4v) is 2.77. The summed E-state index contributed by atoms with van der Waals surface area (Å²) in [5, 5.41) is 3.45. The first-order valence-corrected chi connectivity index (χ1v) is 7.27. The number of benzene rings is 1. The second-order valence-electron chi connectivity index (χ2n) is 5.03. The van der Waals surface area contributed by atoms with Crippen LogP contribution >= 0.6 is 0 Å². The minimum atomic E-state index is -0.217. The van der Waals surface area contributed by atoms with Crippen molar-refractivity contribution in [1.82, 2.24) is 5.32 Å². The van der Waals surface area contributed by atoms with E-state index in [4.69, 9.17) is 4.74 Å². The summed E-state index contributed by atoms with van der Waals surface area (Å²) in [6.45, 7) is 6.57. The lowest BCUT2D eigenvalue weighted by Gasteiger charge is -2.25. The standard InChI is InChI=1S/C16H23NO2/c1-3-12-10-13(16(18)19-4-2)7-8-15(12)14-6-5-9-17-11-14/h7-8,10,14,17H,3-6,9,11H2,1-2H3/t14-/m0/s1. The van der Waals surface area contributed by atoms with Gasteiger partial charge in [0.2, 0.25) is 0 Å². The number of ether oxygens (including phenoxy) is 1. The van der Waals surface area contributed by atoms with Crippen LogP contribution in [0.25, 0.3) is 0 Å². The number of carbonyl (C=O) groups excluding carboxylic acids is 1. The Kier molecular flexibility index (Phi) is 4.97. The van der Waals surface area contributed by atoms with E-state index in [0.717, 1.165) is 19.5 Å². The molecule has 0 saturated carbocycles. The van der Waals surface area contributed by atoms with Crippen molar-refractivity contribution in [3.05, 3.63) is 34.9 Å². The van der Waals surface area contributed by atoms with Crippen LogP contribution in [0.1, 0.15) is 54.1 Å². The van der Waals surface area contributed by atoms with E-state index >= 15 is 0 Å². The van der Waals surface area contributed by atoms with Crippen molar-refractivity contribution in [3.8, 4) is 0 Å². The highest BCUT2D eigenvalue weighted by Gasteiger charge is 2.19. The first-order chi connectivity index (χ1) is 9.26. The zero-order valence-corrected chi connectivity index (χ0v) is 11.9. The van der Waals surface area contributed by atoms with Crippen molar-refractivity contribution < 1.29 is 9.53 Å². The average Bonchev–Trinajstić information content (AvgIpc) is 2.47. The first-order valence-electron chi connectivity index (χ1n) is 7.27. The lowest BCUT2D eigenvalue weighted by molar-refractivity contribution is 0.0526. The maximum absolute atomic E-state index is 11.8. The SMILES string of the molecule is CCOC(=O)c1ccc([C@H]2CCCNC2)c(CC)c1. The monoisotopic (exact) mass is 261 g/mol. The van der Waals surface area contributed by atoms with E-state index in [-0.39, 0.29) is 5.97 Å². The minimum absolute atomic E-state index is 0.217. The van der Waals surface area contributed by atoms with Crippen molar-refractivity contribution in [2.24, 2.45) is 0 Å². The molecule has 0 bridgehead atoms. The molecule has 1 N–H and O–H groups in total. The summed E-state index contributed by atoms with van der Waals surface area (Å²) in [7, 11) is 0. The lowest BCUT2D eigenvalue weighted by Crippen LogP contribution is -2.29. The predicted molar refractivity (Wildman–Crippen MR) is 76.6 cm³/mol. The van der Waals surface area contributed by atoms with Crippen LogP contribution in [0.15, 0.2) is 18.2 Å². The predicted octanol–water partition coefficient (Wildman–Crippen LogP) is 2.89. The molecule has 19 heavy (non-hydrogen) atoms. The Morgan fingerprint density at radius 1 is 1.42 bits per heavy atom. The van der Waals surface area contributed by atoms with Crippen molar-refractivity contribution in [1.29, 1.82) is 0 Å². The maximum atomic E-state index is 11.8. The molecule has 1 aromatic carbocycles. The van der Waals surface area contributed by atoms with Crippen LogP contribution in [0.2, 0.25) is 0 Å². The zero-order chi connectivity index (χ0) is 13.7. The molecule has 1 aliphatic heterocycles. The smallest absolute Gasteiger partial charge is 0.338 e. The van der Waals surface area contributed by atoms with Crippen LogP contribution in [0, 0.1) is 0 Å². The van der Waals surface area contributed by atoms with Gasteiger partial charge in [0, 0.05) is 6.54 Å². The van der Waals surface area contributed by atoms with Crippen LogP contribution in [-0.2, 0) is 11.2 Å². The Morgan fingerprint density at radius 2 is 2.26 bits per heavy atom. The highest BCUT2D eigenvalue weighted by molar-refractivity contribution is 5.89. The first kappa shape index (κ1) is 14.1. The number of piperidine rings is 1. The molecule has 0 aliphatic carbocycles. The van der Waals surface area contributed by atoms with E-state index in [0.29, 0.717) is 18.1 Å². The third kappa shape index (κ3) is 3.35. The summed E-state index contributed by atoms with van der Waals surface area (Å²) in [6, 6.07) is 6.02. The lowest BCUT2D eigenvalue weighted by atomic mass is 9.87. The summed E-state index contributed by atoms with van der Waals surface area (Å²) < 4.78 is 5.06. The van der Waals surface area contributed by atoms with Crippen molar-refractivity contribution in [2.45, 2.75) is 39.0 Å². The quantitative estimate of drug-likeness (QED) is 0.847. The Hall–Kier alpha value is -1.35. The highest BCUT2D eigenvalue weighted by Crippen LogP contribution is 2.27. The van der Waals surface area contributed by atoms with Crippen molar-refractivity contribution in [2.75, 3.05) is 19.7 Å². The molecule has 3 nitrogen and oxygen atoms in total. The molecule has 1 fully saturated rings. The van der Waals surface area contributed by atoms with Gasteiger partial charge in [0.05, 0.1) is 12.2 Å². The number of rotatable bonds is 4. The second kappa shape index (κ2) is 6.71. The molecule has 104 valence electrons. The van der Waals surface area contributed by atoms with E-state index in [2.05, 4.69) is 18.3 Å². The van der Waals surface area contributed by atoms with E-state index in [1.54, 1.807) is 0 Å².